The van der Waals surface area contributed by atoms with Gasteiger partial charge in [0, 0.05) is 9.52 Å². The second-order valence-electron chi connectivity index (χ2n) is 20.6. The van der Waals surface area contributed by atoms with Crippen molar-refractivity contribution in [3.05, 3.63) is 82.9 Å². The zero-order chi connectivity index (χ0) is 40.7. The molecule has 4 aliphatic rings. The van der Waals surface area contributed by atoms with Gasteiger partial charge >= 0.3 is 37.9 Å². The molecule has 8 rings (SSSR count). The molecule has 0 nitrogen and oxygen atoms in total. The molecule has 0 aromatic heterocycles. The number of hydrogen-bond donors (Lipinski definition) is 0. The van der Waals surface area contributed by atoms with Crippen molar-refractivity contribution >= 4 is 48.1 Å². The summed E-state index contributed by atoms with van der Waals surface area (Å²) in [6.45, 7) is 24.0. The second-order valence-corrected chi connectivity index (χ2v) is 25.4. The van der Waals surface area contributed by atoms with E-state index in [-0.39, 0.29) is 0 Å². The first-order chi connectivity index (χ1) is 26.6. The van der Waals surface area contributed by atoms with Crippen molar-refractivity contribution < 1.29 is 20.8 Å². The molecule has 4 aromatic carbocycles. The minimum atomic E-state index is -0.826. The fraction of sp³-hybridized carbons (Fsp3) is 0.654. The van der Waals surface area contributed by atoms with Gasteiger partial charge in [0.15, 0.2) is 0 Å². The van der Waals surface area contributed by atoms with E-state index in [2.05, 4.69) is 129 Å². The zero-order valence-corrected chi connectivity index (χ0v) is 42.1. The molecule has 0 saturated heterocycles. The normalized spacial score (nSPS) is 33.2. The van der Waals surface area contributed by atoms with E-state index in [1.165, 1.54) is 114 Å². The molecular formula is C52H76Cl2SiZr. The van der Waals surface area contributed by atoms with Gasteiger partial charge in [-0.2, -0.15) is 12.1 Å². The van der Waals surface area contributed by atoms with Crippen molar-refractivity contribution in [2.24, 2.45) is 23.7 Å². The molecule has 56 heavy (non-hydrogen) atoms. The Morgan fingerprint density at radius 3 is 1.02 bits per heavy atom. The first kappa shape index (κ1) is 46.4. The van der Waals surface area contributed by atoms with Crippen LogP contribution in [-0.2, 0) is 42.5 Å². The van der Waals surface area contributed by atoms with Crippen LogP contribution in [0, 0.1) is 23.7 Å². The van der Waals surface area contributed by atoms with Crippen molar-refractivity contribution in [3.8, 4) is 0 Å². The predicted octanol–water partition coefficient (Wildman–Crippen LogP) is 17.2. The first-order valence-corrected chi connectivity index (χ1v) is 30.9. The molecule has 306 valence electrons. The number of halogens is 2. The van der Waals surface area contributed by atoms with E-state index in [1.54, 1.807) is 33.0 Å². The van der Waals surface area contributed by atoms with Crippen LogP contribution in [0.3, 0.4) is 0 Å². The third-order valence-electron chi connectivity index (χ3n) is 15.7. The molecule has 4 fully saturated rings. The van der Waals surface area contributed by atoms with Gasteiger partial charge in [-0.25, -0.2) is 0 Å². The Morgan fingerprint density at radius 2 is 0.750 bits per heavy atom. The van der Waals surface area contributed by atoms with Crippen molar-refractivity contribution in [1.82, 2.24) is 0 Å². The van der Waals surface area contributed by atoms with E-state index in [0.29, 0.717) is 21.7 Å². The second kappa shape index (κ2) is 20.3. The van der Waals surface area contributed by atoms with Gasteiger partial charge in [0.05, 0.1) is 0 Å². The van der Waals surface area contributed by atoms with Gasteiger partial charge in [0.2, 0.25) is 0 Å². The van der Waals surface area contributed by atoms with Crippen molar-refractivity contribution in [2.45, 2.75) is 193 Å². The molecule has 0 aliphatic heterocycles. The van der Waals surface area contributed by atoms with Gasteiger partial charge < -0.3 is 0 Å². The van der Waals surface area contributed by atoms with Crippen LogP contribution in [0.4, 0.5) is 0 Å². The summed E-state index contributed by atoms with van der Waals surface area (Å²) in [6, 6.07) is 24.3. The number of hydrogen-bond acceptors (Lipinski definition) is 0. The number of rotatable bonds is 4. The summed E-state index contributed by atoms with van der Waals surface area (Å²) >= 11 is -0.826. The maximum absolute atomic E-state index is 4.93. The molecule has 0 N–H and O–H groups in total. The number of benzene rings is 2. The summed E-state index contributed by atoms with van der Waals surface area (Å²) in [5, 5.41) is 6.06. The van der Waals surface area contributed by atoms with E-state index in [9.17, 15) is 0 Å². The molecule has 0 atom stereocenters. The molecule has 0 spiro atoms. The summed E-state index contributed by atoms with van der Waals surface area (Å²) in [5.74, 6) is 3.64. The van der Waals surface area contributed by atoms with Crippen LogP contribution in [0.2, 0.25) is 13.1 Å². The van der Waals surface area contributed by atoms with Crippen molar-refractivity contribution in [1.29, 1.82) is 0 Å². The van der Waals surface area contributed by atoms with Gasteiger partial charge in [-0.05, 0) is 96.7 Å². The molecule has 0 amide bonds. The summed E-state index contributed by atoms with van der Waals surface area (Å²) in [5.41, 5.74) is 7.99. The van der Waals surface area contributed by atoms with E-state index in [1.807, 2.05) is 0 Å². The Labute approximate surface area is 365 Å². The molecule has 0 bridgehead atoms. The number of fused-ring (bicyclic) bond motifs is 2. The third-order valence-corrected chi connectivity index (χ3v) is 15.7. The Bertz CT molecular complexity index is 1650. The predicted molar refractivity (Wildman–Crippen MR) is 248 cm³/mol. The topological polar surface area (TPSA) is 0 Å². The maximum atomic E-state index is 4.93. The van der Waals surface area contributed by atoms with Crippen LogP contribution < -0.4 is 0 Å². The van der Waals surface area contributed by atoms with Crippen LogP contribution >= 0.6 is 17.0 Å². The van der Waals surface area contributed by atoms with Gasteiger partial charge in [-0.3, -0.25) is 0 Å². The quantitative estimate of drug-likeness (QED) is 0.141. The molecule has 4 saturated carbocycles. The standard InChI is InChI=1S/2C25H35.C2H6Si.2ClH.Zr/c2*1-18-8-12-24(3,13-9-18)21-16-20-6-5-7-23(22(20)17-21)25(4)14-10-19(2)11-15-25;1-3-2;;;/h2*5-7,16-19H,8-15H2,1-4H3;1-2H3;2*1H;/q2*-1;;;;+4/p-2. The monoisotopic (exact) mass is 888 g/mol. The van der Waals surface area contributed by atoms with Crippen LogP contribution in [0.25, 0.3) is 21.5 Å². The molecule has 4 heteroatoms. The Hall–Kier alpha value is -0.660. The Balaban J connectivity index is 0.000000188. The van der Waals surface area contributed by atoms with Crippen molar-refractivity contribution in [3.63, 3.8) is 0 Å². The van der Waals surface area contributed by atoms with Gasteiger partial charge in [-0.15, -0.1) is 80.2 Å². The van der Waals surface area contributed by atoms with Crippen molar-refractivity contribution in [2.75, 3.05) is 0 Å². The molecule has 4 aliphatic carbocycles. The van der Waals surface area contributed by atoms with Crippen LogP contribution in [0.1, 0.15) is 180 Å². The molecule has 0 unspecified atom stereocenters. The molecule has 2 radical (unpaired) electrons. The fourth-order valence-corrected chi connectivity index (χ4v) is 10.9. The Morgan fingerprint density at radius 1 is 0.500 bits per heavy atom. The minimum absolute atomic E-state index is 0.375. The fourth-order valence-electron chi connectivity index (χ4n) is 10.9. The van der Waals surface area contributed by atoms with E-state index >= 15 is 0 Å². The summed E-state index contributed by atoms with van der Waals surface area (Å²) in [6.07, 6.45) is 21.9. The first-order valence-electron chi connectivity index (χ1n) is 22.6. The van der Waals surface area contributed by atoms with Gasteiger partial charge in [-0.1, -0.05) is 132 Å². The Kier molecular flexibility index (Phi) is 16.8. The van der Waals surface area contributed by atoms with E-state index in [0.717, 1.165) is 33.2 Å². The summed E-state index contributed by atoms with van der Waals surface area (Å²) < 4.78 is 0. The third kappa shape index (κ3) is 11.0. The average molecular weight is 891 g/mol. The summed E-state index contributed by atoms with van der Waals surface area (Å²) in [4.78, 5) is 0. The van der Waals surface area contributed by atoms with Crippen LogP contribution in [-0.4, -0.2) is 9.52 Å². The molecule has 4 aromatic rings. The zero-order valence-electron chi connectivity index (χ0n) is 37.2. The van der Waals surface area contributed by atoms with E-state index in [4.69, 9.17) is 17.0 Å². The molecule has 0 heterocycles. The summed E-state index contributed by atoms with van der Waals surface area (Å²) in [7, 11) is 11.0. The van der Waals surface area contributed by atoms with Crippen LogP contribution in [0.5, 0.6) is 0 Å². The molecular weight excluding hydrogens is 815 g/mol. The van der Waals surface area contributed by atoms with Gasteiger partial charge in [0.25, 0.3) is 0 Å². The SMILES string of the molecule is CC1CCC(C)(c2cc3cccc(C4(C)CCC(C)CC4)c3[cH-]2)CC1.CC1CCC(C)(c2cc3cccc(C4(C)CCC(C)CC4)c3[cH-]2)CC1.C[Si]C.[Cl][Zr+2][Cl]. The average Bonchev–Trinajstić information content (AvgIpc) is 3.84. The van der Waals surface area contributed by atoms with Gasteiger partial charge in [0.1, 0.15) is 0 Å². The van der Waals surface area contributed by atoms with E-state index < -0.39 is 20.8 Å². The van der Waals surface area contributed by atoms with Crippen LogP contribution in [0.15, 0.2) is 60.7 Å².